The minimum Gasteiger partial charge on any atom is -0.0616 e. The van der Waals surface area contributed by atoms with Crippen LogP contribution in [0.15, 0.2) is 84.9 Å². The quantitative estimate of drug-likeness (QED) is 0.445. The Labute approximate surface area is 132 Å². The second-order valence-electron chi connectivity index (χ2n) is 5.42. The predicted octanol–water partition coefficient (Wildman–Crippen LogP) is 5.22. The normalized spacial score (nSPS) is 11.4. The molecular weight excluding hydrogens is 283 g/mol. The van der Waals surface area contributed by atoms with Gasteiger partial charge in [-0.15, -0.1) is 0 Å². The van der Waals surface area contributed by atoms with E-state index in [1.807, 2.05) is 0 Å². The summed E-state index contributed by atoms with van der Waals surface area (Å²) in [6, 6.07) is 30.2. The highest BCUT2D eigenvalue weighted by Crippen LogP contribution is 2.36. The van der Waals surface area contributed by atoms with Gasteiger partial charge in [0.25, 0.3) is 0 Å². The molecule has 4 aromatic rings. The van der Waals surface area contributed by atoms with E-state index < -0.39 is 7.92 Å². The van der Waals surface area contributed by atoms with Crippen LogP contribution in [0.3, 0.4) is 0 Å². The van der Waals surface area contributed by atoms with Crippen molar-refractivity contribution in [2.45, 2.75) is 0 Å². The van der Waals surface area contributed by atoms with Gasteiger partial charge in [0.2, 0.25) is 0 Å². The molecule has 22 heavy (non-hydrogen) atoms. The molecule has 1 heteroatoms. The van der Waals surface area contributed by atoms with E-state index in [1.165, 1.54) is 32.2 Å². The summed E-state index contributed by atoms with van der Waals surface area (Å²) in [7, 11) is -0.620. The van der Waals surface area contributed by atoms with Crippen molar-refractivity contribution in [2.24, 2.45) is 0 Å². The van der Waals surface area contributed by atoms with Gasteiger partial charge in [0.15, 0.2) is 0 Å². The molecule has 105 valence electrons. The van der Waals surface area contributed by atoms with E-state index in [0.29, 0.717) is 0 Å². The molecule has 0 saturated heterocycles. The standard InChI is InChI=1S/C21H16P/c1-22(20-14-6-10-16-8-2-4-12-18(16)20)21-15-7-11-17-9-3-5-13-19(17)21/h2-15H,1H2. The van der Waals surface area contributed by atoms with Gasteiger partial charge in [-0.2, -0.15) is 0 Å². The summed E-state index contributed by atoms with van der Waals surface area (Å²) < 4.78 is 0. The topological polar surface area (TPSA) is 0 Å². The van der Waals surface area contributed by atoms with Crippen molar-refractivity contribution in [1.29, 1.82) is 0 Å². The molecule has 4 aromatic carbocycles. The van der Waals surface area contributed by atoms with Crippen LogP contribution >= 0.6 is 7.92 Å². The lowest BCUT2D eigenvalue weighted by Gasteiger charge is -2.17. The molecule has 0 aliphatic rings. The second kappa shape index (κ2) is 5.55. The van der Waals surface area contributed by atoms with Gasteiger partial charge in [-0.3, -0.25) is 0 Å². The average Bonchev–Trinajstić information content (AvgIpc) is 2.60. The van der Waals surface area contributed by atoms with Crippen LogP contribution in [0.2, 0.25) is 0 Å². The first kappa shape index (κ1) is 13.5. The van der Waals surface area contributed by atoms with Crippen LogP contribution in [0.1, 0.15) is 0 Å². The minimum absolute atomic E-state index is 0.620. The molecular formula is C21H16P. The molecule has 0 nitrogen and oxygen atoms in total. The van der Waals surface area contributed by atoms with E-state index in [4.69, 9.17) is 0 Å². The van der Waals surface area contributed by atoms with Crippen molar-refractivity contribution >= 4 is 40.1 Å². The summed E-state index contributed by atoms with van der Waals surface area (Å²) in [5.41, 5.74) is 0. The molecule has 4 rings (SSSR count). The molecule has 0 bridgehead atoms. The van der Waals surface area contributed by atoms with E-state index >= 15 is 0 Å². The van der Waals surface area contributed by atoms with E-state index in [9.17, 15) is 0 Å². The van der Waals surface area contributed by atoms with Crippen molar-refractivity contribution < 1.29 is 0 Å². The molecule has 0 fully saturated rings. The van der Waals surface area contributed by atoms with Gasteiger partial charge in [0, 0.05) is 0 Å². The van der Waals surface area contributed by atoms with Crippen molar-refractivity contribution in [1.82, 2.24) is 0 Å². The summed E-state index contributed by atoms with van der Waals surface area (Å²) in [5.74, 6) is 0. The Morgan fingerprint density at radius 2 is 0.909 bits per heavy atom. The van der Waals surface area contributed by atoms with Crippen LogP contribution in [0.25, 0.3) is 21.5 Å². The first-order valence-electron chi connectivity index (χ1n) is 7.41. The van der Waals surface area contributed by atoms with Gasteiger partial charge in [0.1, 0.15) is 0 Å². The van der Waals surface area contributed by atoms with Crippen molar-refractivity contribution in [2.75, 3.05) is 0 Å². The smallest absolute Gasteiger partial charge is 0.0104 e. The SMILES string of the molecule is [CH2]P(c1cccc2ccccc12)c1cccc2ccccc12. The third-order valence-electron chi connectivity index (χ3n) is 4.11. The zero-order valence-corrected chi connectivity index (χ0v) is 13.1. The van der Waals surface area contributed by atoms with Crippen LogP contribution in [-0.4, -0.2) is 0 Å². The van der Waals surface area contributed by atoms with Crippen LogP contribution in [-0.2, 0) is 0 Å². The number of benzene rings is 4. The molecule has 0 unspecified atom stereocenters. The molecule has 0 spiro atoms. The molecule has 0 N–H and O–H groups in total. The molecule has 0 aliphatic carbocycles. The Balaban J connectivity index is 1.94. The van der Waals surface area contributed by atoms with Gasteiger partial charge in [0.05, 0.1) is 0 Å². The molecule has 1 radical (unpaired) electrons. The Bertz CT molecular complexity index is 866. The van der Waals surface area contributed by atoms with Gasteiger partial charge in [-0.25, -0.2) is 0 Å². The lowest BCUT2D eigenvalue weighted by molar-refractivity contribution is 1.77. The molecule has 0 amide bonds. The zero-order chi connectivity index (χ0) is 14.9. The molecule has 0 saturated carbocycles. The van der Waals surface area contributed by atoms with Crippen molar-refractivity contribution in [3.63, 3.8) is 0 Å². The highest BCUT2D eigenvalue weighted by atomic mass is 31.1. The fourth-order valence-corrected chi connectivity index (χ4v) is 4.80. The highest BCUT2D eigenvalue weighted by molar-refractivity contribution is 7.75. The van der Waals surface area contributed by atoms with Gasteiger partial charge < -0.3 is 0 Å². The maximum atomic E-state index is 4.54. The summed E-state index contributed by atoms with van der Waals surface area (Å²) in [6.45, 7) is 4.54. The largest absolute Gasteiger partial charge is 0.0616 e. The number of rotatable bonds is 2. The minimum atomic E-state index is -0.620. The Kier molecular flexibility index (Phi) is 3.41. The third kappa shape index (κ3) is 2.21. The lowest BCUT2D eigenvalue weighted by Crippen LogP contribution is -2.11. The first-order valence-corrected chi connectivity index (χ1v) is 8.93. The van der Waals surface area contributed by atoms with E-state index in [0.717, 1.165) is 0 Å². The molecule has 0 aliphatic heterocycles. The fourth-order valence-electron chi connectivity index (χ4n) is 3.02. The monoisotopic (exact) mass is 299 g/mol. The highest BCUT2D eigenvalue weighted by Gasteiger charge is 2.13. The van der Waals surface area contributed by atoms with E-state index in [2.05, 4.69) is 91.6 Å². The summed E-state index contributed by atoms with van der Waals surface area (Å²) in [6.07, 6.45) is 0. The van der Waals surface area contributed by atoms with Crippen LogP contribution in [0.4, 0.5) is 0 Å². The maximum Gasteiger partial charge on any atom is -0.0104 e. The number of fused-ring (bicyclic) bond motifs is 2. The predicted molar refractivity (Wildman–Crippen MR) is 99.4 cm³/mol. The Hall–Kier alpha value is -2.17. The summed E-state index contributed by atoms with van der Waals surface area (Å²) >= 11 is 0. The second-order valence-corrected chi connectivity index (χ2v) is 7.24. The van der Waals surface area contributed by atoms with Crippen LogP contribution < -0.4 is 10.6 Å². The van der Waals surface area contributed by atoms with Crippen LogP contribution in [0, 0.1) is 6.66 Å². The van der Waals surface area contributed by atoms with E-state index in [-0.39, 0.29) is 0 Å². The van der Waals surface area contributed by atoms with Gasteiger partial charge >= 0.3 is 0 Å². The lowest BCUT2D eigenvalue weighted by atomic mass is 10.1. The number of hydrogen-bond donors (Lipinski definition) is 0. The Morgan fingerprint density at radius 1 is 0.500 bits per heavy atom. The Morgan fingerprint density at radius 3 is 1.41 bits per heavy atom. The van der Waals surface area contributed by atoms with Crippen LogP contribution in [0.5, 0.6) is 0 Å². The number of hydrogen-bond acceptors (Lipinski definition) is 0. The van der Waals surface area contributed by atoms with Crippen molar-refractivity contribution in [3.05, 3.63) is 91.6 Å². The van der Waals surface area contributed by atoms with E-state index in [1.54, 1.807) is 0 Å². The first-order chi connectivity index (χ1) is 10.8. The fraction of sp³-hybridized carbons (Fsp3) is 0. The zero-order valence-electron chi connectivity index (χ0n) is 12.2. The average molecular weight is 299 g/mol. The van der Waals surface area contributed by atoms with Gasteiger partial charge in [-0.05, 0) is 46.7 Å². The third-order valence-corrected chi connectivity index (χ3v) is 6.06. The summed E-state index contributed by atoms with van der Waals surface area (Å²) in [4.78, 5) is 0. The molecule has 0 heterocycles. The van der Waals surface area contributed by atoms with Gasteiger partial charge in [-0.1, -0.05) is 84.9 Å². The summed E-state index contributed by atoms with van der Waals surface area (Å²) in [5, 5.41) is 7.92. The molecule has 0 atom stereocenters. The molecule has 0 aromatic heterocycles. The van der Waals surface area contributed by atoms with Crippen molar-refractivity contribution in [3.8, 4) is 0 Å². The maximum absolute atomic E-state index is 4.54.